The quantitative estimate of drug-likeness (QED) is 0.651. The topological polar surface area (TPSA) is 71.1 Å². The number of hydrogen-bond acceptors (Lipinski definition) is 4. The van der Waals surface area contributed by atoms with Gasteiger partial charge in [0, 0.05) is 19.2 Å². The summed E-state index contributed by atoms with van der Waals surface area (Å²) in [5.74, 6) is 9.44. The summed E-state index contributed by atoms with van der Waals surface area (Å²) in [6.45, 7) is 2.08. The third-order valence-electron chi connectivity index (χ3n) is 4.22. The number of benzene rings is 1. The zero-order chi connectivity index (χ0) is 19.6. The second-order valence-corrected chi connectivity index (χ2v) is 5.77. The number of imidazole rings is 1. The molecule has 2 aromatic heterocycles. The van der Waals surface area contributed by atoms with Crippen LogP contribution < -0.4 is 16.0 Å². The van der Waals surface area contributed by atoms with Crippen molar-refractivity contribution in [2.75, 3.05) is 7.11 Å². The first kappa shape index (κ1) is 18.1. The maximum absolute atomic E-state index is 12.7. The number of ether oxygens (including phenoxy) is 1. The smallest absolute Gasteiger partial charge is 0.333 e. The predicted molar refractivity (Wildman–Crippen MR) is 103 cm³/mol. The van der Waals surface area contributed by atoms with E-state index in [-0.39, 0.29) is 6.54 Å². The molecule has 0 amide bonds. The highest BCUT2D eigenvalue weighted by Crippen LogP contribution is 2.12. The molecule has 0 aliphatic rings. The van der Waals surface area contributed by atoms with Gasteiger partial charge in [-0.1, -0.05) is 11.8 Å². The maximum Gasteiger partial charge on any atom is 0.333 e. The summed E-state index contributed by atoms with van der Waals surface area (Å²) in [5.41, 5.74) is 0.444. The molecular weight excluding hydrogens is 344 g/mol. The molecule has 3 aromatic rings. The van der Waals surface area contributed by atoms with Gasteiger partial charge in [-0.2, -0.15) is 0 Å². The Kier molecular flexibility index (Phi) is 4.87. The number of fused-ring (bicyclic) bond motifs is 1. The van der Waals surface area contributed by atoms with Crippen molar-refractivity contribution >= 4 is 11.2 Å². The van der Waals surface area contributed by atoms with Gasteiger partial charge in [0.05, 0.1) is 13.7 Å². The van der Waals surface area contributed by atoms with Gasteiger partial charge in [0.15, 0.2) is 17.0 Å². The summed E-state index contributed by atoms with van der Waals surface area (Å²) in [6.07, 6.45) is 5.30. The van der Waals surface area contributed by atoms with Crippen LogP contribution in [0.4, 0.5) is 0 Å². The Balaban J connectivity index is 2.19. The molecule has 0 fully saturated rings. The number of rotatable bonds is 3. The average Bonchev–Trinajstić information content (AvgIpc) is 3.00. The van der Waals surface area contributed by atoms with E-state index in [0.717, 1.165) is 15.9 Å². The average molecular weight is 362 g/mol. The Morgan fingerprint density at radius 2 is 1.85 bits per heavy atom. The summed E-state index contributed by atoms with van der Waals surface area (Å²) in [5, 5.41) is 0. The first-order valence-corrected chi connectivity index (χ1v) is 8.31. The second-order valence-electron chi connectivity index (χ2n) is 5.77. The number of methoxy groups -OCH3 is 1. The van der Waals surface area contributed by atoms with E-state index in [4.69, 9.17) is 11.2 Å². The van der Waals surface area contributed by atoms with E-state index >= 15 is 0 Å². The van der Waals surface area contributed by atoms with Crippen LogP contribution in [0.5, 0.6) is 5.75 Å². The van der Waals surface area contributed by atoms with Crippen molar-refractivity contribution in [2.24, 2.45) is 7.05 Å². The van der Waals surface area contributed by atoms with Gasteiger partial charge in [-0.15, -0.1) is 6.42 Å². The molecule has 0 saturated heterocycles. The molecule has 0 radical (unpaired) electrons. The third-order valence-corrected chi connectivity index (χ3v) is 4.22. The molecule has 0 atom stereocenters. The van der Waals surface area contributed by atoms with E-state index in [1.165, 1.54) is 4.57 Å². The Morgan fingerprint density at radius 1 is 1.15 bits per heavy atom. The molecular formula is C20H18N4O3. The van der Waals surface area contributed by atoms with E-state index < -0.39 is 11.2 Å². The largest absolute Gasteiger partial charge is 0.497 e. The number of aryl methyl sites for hydroxylation is 2. The molecule has 3 rings (SSSR count). The highest BCUT2D eigenvalue weighted by Gasteiger charge is 2.18. The summed E-state index contributed by atoms with van der Waals surface area (Å²) in [6, 6.07) is 7.28. The second kappa shape index (κ2) is 7.27. The van der Waals surface area contributed by atoms with Gasteiger partial charge in [0.2, 0.25) is 0 Å². The summed E-state index contributed by atoms with van der Waals surface area (Å²) >= 11 is 0. The van der Waals surface area contributed by atoms with E-state index in [1.807, 2.05) is 31.2 Å². The van der Waals surface area contributed by atoms with Crippen LogP contribution in [0.2, 0.25) is 0 Å². The first-order chi connectivity index (χ1) is 13.0. The van der Waals surface area contributed by atoms with Gasteiger partial charge in [-0.25, -0.2) is 14.3 Å². The van der Waals surface area contributed by atoms with Crippen LogP contribution in [0.15, 0.2) is 33.9 Å². The van der Waals surface area contributed by atoms with Gasteiger partial charge in [-0.3, -0.25) is 9.36 Å². The molecule has 0 unspecified atom stereocenters. The van der Waals surface area contributed by atoms with Crippen molar-refractivity contribution in [2.45, 2.75) is 20.0 Å². The zero-order valence-electron chi connectivity index (χ0n) is 15.3. The SMILES string of the molecule is C#CCn1c(=O)c2c(nc(C#Cc3ccc(OC)cc3)n2C)n(CC)c1=O. The van der Waals surface area contributed by atoms with Crippen LogP contribution in [-0.2, 0) is 20.1 Å². The molecule has 27 heavy (non-hydrogen) atoms. The van der Waals surface area contributed by atoms with Crippen molar-refractivity contribution in [1.29, 1.82) is 0 Å². The minimum Gasteiger partial charge on any atom is -0.497 e. The first-order valence-electron chi connectivity index (χ1n) is 8.31. The zero-order valence-corrected chi connectivity index (χ0v) is 15.3. The number of hydrogen-bond donors (Lipinski definition) is 0. The fraction of sp³-hybridized carbons (Fsp3) is 0.250. The van der Waals surface area contributed by atoms with Gasteiger partial charge in [-0.05, 0) is 37.1 Å². The predicted octanol–water partition coefficient (Wildman–Crippen LogP) is 0.958. The molecule has 0 aliphatic carbocycles. The Morgan fingerprint density at radius 3 is 2.44 bits per heavy atom. The van der Waals surface area contributed by atoms with Gasteiger partial charge < -0.3 is 9.30 Å². The van der Waals surface area contributed by atoms with Crippen LogP contribution in [-0.4, -0.2) is 25.8 Å². The summed E-state index contributed by atoms with van der Waals surface area (Å²) < 4.78 is 9.17. The lowest BCUT2D eigenvalue weighted by molar-refractivity contribution is 0.415. The normalized spacial score (nSPS) is 10.3. The van der Waals surface area contributed by atoms with Crippen LogP contribution in [0.25, 0.3) is 11.2 Å². The highest BCUT2D eigenvalue weighted by molar-refractivity contribution is 5.72. The Hall–Kier alpha value is -3.71. The van der Waals surface area contributed by atoms with Crippen LogP contribution in [0.3, 0.4) is 0 Å². The van der Waals surface area contributed by atoms with E-state index in [0.29, 0.717) is 23.5 Å². The van der Waals surface area contributed by atoms with Crippen molar-refractivity contribution in [3.8, 4) is 29.9 Å². The molecule has 0 saturated carbocycles. The lowest BCUT2D eigenvalue weighted by Crippen LogP contribution is -2.40. The maximum atomic E-state index is 12.7. The monoisotopic (exact) mass is 362 g/mol. The molecule has 0 aliphatic heterocycles. The third kappa shape index (κ3) is 3.11. The van der Waals surface area contributed by atoms with Crippen LogP contribution in [0, 0.1) is 24.2 Å². The minimum atomic E-state index is -0.472. The van der Waals surface area contributed by atoms with Gasteiger partial charge >= 0.3 is 5.69 Å². The molecule has 0 N–H and O–H groups in total. The number of terminal acetylenes is 1. The molecule has 1 aromatic carbocycles. The van der Waals surface area contributed by atoms with Gasteiger partial charge in [0.1, 0.15) is 5.75 Å². The van der Waals surface area contributed by atoms with Crippen molar-refractivity contribution in [1.82, 2.24) is 18.7 Å². The number of nitrogens with zero attached hydrogens (tertiary/aromatic N) is 4. The van der Waals surface area contributed by atoms with E-state index in [9.17, 15) is 9.59 Å². The molecule has 0 bridgehead atoms. The van der Waals surface area contributed by atoms with Gasteiger partial charge in [0.25, 0.3) is 5.56 Å². The Labute approximate surface area is 155 Å². The molecule has 7 nitrogen and oxygen atoms in total. The van der Waals surface area contributed by atoms with Crippen molar-refractivity contribution in [3.63, 3.8) is 0 Å². The van der Waals surface area contributed by atoms with Crippen LogP contribution >= 0.6 is 0 Å². The standard InChI is InChI=1S/C20H18N4O3/c1-5-13-24-19(25)17-18(23(6-2)20(24)26)21-16(22(17)3)12-9-14-7-10-15(27-4)11-8-14/h1,7-8,10-11H,6,13H2,2-4H3. The molecule has 2 heterocycles. The summed E-state index contributed by atoms with van der Waals surface area (Å²) in [4.78, 5) is 29.7. The van der Waals surface area contributed by atoms with Crippen molar-refractivity contribution in [3.05, 3.63) is 56.5 Å². The number of aromatic nitrogens is 4. The van der Waals surface area contributed by atoms with E-state index in [2.05, 4.69) is 22.7 Å². The highest BCUT2D eigenvalue weighted by atomic mass is 16.5. The molecule has 136 valence electrons. The minimum absolute atomic E-state index is 0.0916. The van der Waals surface area contributed by atoms with Crippen LogP contribution in [0.1, 0.15) is 18.3 Å². The fourth-order valence-electron chi connectivity index (χ4n) is 2.79. The lowest BCUT2D eigenvalue weighted by Gasteiger charge is -2.07. The van der Waals surface area contributed by atoms with Crippen molar-refractivity contribution < 1.29 is 4.74 Å². The molecule has 0 spiro atoms. The van der Waals surface area contributed by atoms with E-state index in [1.54, 1.807) is 18.7 Å². The summed E-state index contributed by atoms with van der Waals surface area (Å²) in [7, 11) is 3.29. The lowest BCUT2D eigenvalue weighted by atomic mass is 10.2. The fourth-order valence-corrected chi connectivity index (χ4v) is 2.79. The molecule has 7 heteroatoms. The Bertz CT molecular complexity index is 1230.